The minimum Gasteiger partial charge on any atom is -0.366 e. The first-order valence-corrected chi connectivity index (χ1v) is 11.2. The van der Waals surface area contributed by atoms with E-state index < -0.39 is 17.9 Å². The average molecular weight is 438 g/mol. The molecule has 1 fully saturated rings. The summed E-state index contributed by atoms with van der Waals surface area (Å²) in [6.07, 6.45) is 1.07. The lowest BCUT2D eigenvalue weighted by Crippen LogP contribution is -2.52. The van der Waals surface area contributed by atoms with E-state index in [1.54, 1.807) is 23.9 Å². The second kappa shape index (κ2) is 8.55. The Bertz CT molecular complexity index is 1100. The molecule has 160 valence electrons. The fourth-order valence-corrected chi connectivity index (χ4v) is 4.89. The summed E-state index contributed by atoms with van der Waals surface area (Å²) >= 11 is 1.69. The minimum atomic E-state index is -0.634. The van der Waals surface area contributed by atoms with E-state index >= 15 is 0 Å². The summed E-state index contributed by atoms with van der Waals surface area (Å²) in [6.45, 7) is 2.39. The Hall–Kier alpha value is -3.13. The molecule has 0 aliphatic carbocycles. The third-order valence-electron chi connectivity index (χ3n) is 5.64. The number of thioether (sulfide) groups is 1. The van der Waals surface area contributed by atoms with Crippen LogP contribution in [0.4, 0.5) is 0 Å². The van der Waals surface area contributed by atoms with Crippen molar-refractivity contribution < 1.29 is 19.2 Å². The monoisotopic (exact) mass is 437 g/mol. The highest BCUT2D eigenvalue weighted by molar-refractivity contribution is 7.99. The van der Waals surface area contributed by atoms with Crippen molar-refractivity contribution in [3.8, 4) is 0 Å². The summed E-state index contributed by atoms with van der Waals surface area (Å²) in [6, 6.07) is 10.6. The van der Waals surface area contributed by atoms with Crippen LogP contribution in [0, 0.1) is 0 Å². The number of benzene rings is 2. The smallest absolute Gasteiger partial charge is 0.255 e. The number of primary amides is 1. The number of hydrogen-bond donors (Lipinski definition) is 2. The predicted octanol–water partition coefficient (Wildman–Crippen LogP) is 2.25. The number of fused-ring (bicyclic) bond motifs is 1. The highest BCUT2D eigenvalue weighted by Crippen LogP contribution is 2.30. The highest BCUT2D eigenvalue weighted by Gasteiger charge is 2.39. The van der Waals surface area contributed by atoms with Gasteiger partial charge in [0, 0.05) is 29.0 Å². The molecular weight excluding hydrogens is 414 g/mol. The molecule has 0 radical (unpaired) electrons. The fraction of sp³-hybridized carbons (Fsp3) is 0.304. The molecule has 2 aromatic rings. The Labute approximate surface area is 184 Å². The molecule has 4 rings (SSSR count). The van der Waals surface area contributed by atoms with Crippen molar-refractivity contribution in [2.45, 2.75) is 43.7 Å². The Morgan fingerprint density at radius 1 is 1.19 bits per heavy atom. The van der Waals surface area contributed by atoms with Crippen molar-refractivity contribution in [3.63, 3.8) is 0 Å². The lowest BCUT2D eigenvalue weighted by atomic mass is 9.97. The number of piperidine rings is 1. The Morgan fingerprint density at radius 3 is 2.71 bits per heavy atom. The summed E-state index contributed by atoms with van der Waals surface area (Å²) in [4.78, 5) is 51.0. The topological polar surface area (TPSA) is 110 Å². The van der Waals surface area contributed by atoms with Crippen molar-refractivity contribution in [1.82, 2.24) is 10.2 Å². The maximum Gasteiger partial charge on any atom is 0.255 e. The fourth-order valence-electron chi connectivity index (χ4n) is 4.17. The third-order valence-corrected chi connectivity index (χ3v) is 6.51. The van der Waals surface area contributed by atoms with E-state index in [0.29, 0.717) is 30.5 Å². The van der Waals surface area contributed by atoms with Crippen LogP contribution in [0.1, 0.15) is 57.2 Å². The molecule has 8 heteroatoms. The number of nitrogens with two attached hydrogens (primary N) is 1. The van der Waals surface area contributed by atoms with E-state index in [1.165, 1.54) is 4.90 Å². The maximum absolute atomic E-state index is 12.8. The van der Waals surface area contributed by atoms with Crippen molar-refractivity contribution in [2.24, 2.45) is 5.73 Å². The molecule has 2 aliphatic heterocycles. The van der Waals surface area contributed by atoms with Crippen LogP contribution < -0.4 is 11.1 Å². The van der Waals surface area contributed by atoms with Gasteiger partial charge in [-0.1, -0.05) is 19.1 Å². The van der Waals surface area contributed by atoms with Crippen molar-refractivity contribution >= 4 is 35.4 Å². The molecule has 0 saturated carbocycles. The normalized spacial score (nSPS) is 18.2. The van der Waals surface area contributed by atoms with E-state index in [1.807, 2.05) is 24.3 Å². The van der Waals surface area contributed by atoms with Gasteiger partial charge in [0.2, 0.25) is 17.7 Å². The molecule has 3 N–H and O–H groups in total. The molecule has 31 heavy (non-hydrogen) atoms. The van der Waals surface area contributed by atoms with Crippen LogP contribution in [0.25, 0.3) is 0 Å². The first-order chi connectivity index (χ1) is 14.9. The molecule has 0 aromatic heterocycles. The van der Waals surface area contributed by atoms with Crippen LogP contribution in [0.2, 0.25) is 0 Å². The van der Waals surface area contributed by atoms with E-state index in [0.717, 1.165) is 27.3 Å². The molecule has 1 saturated heterocycles. The summed E-state index contributed by atoms with van der Waals surface area (Å²) in [7, 11) is 0. The predicted molar refractivity (Wildman–Crippen MR) is 117 cm³/mol. The molecule has 7 nitrogen and oxygen atoms in total. The molecule has 2 aliphatic rings. The van der Waals surface area contributed by atoms with Gasteiger partial charge in [-0.25, -0.2) is 0 Å². The Balaban J connectivity index is 1.58. The quantitative estimate of drug-likeness (QED) is 0.532. The molecule has 0 spiro atoms. The zero-order valence-electron chi connectivity index (χ0n) is 17.1. The number of amides is 4. The molecular formula is C23H23N3O4S. The van der Waals surface area contributed by atoms with Gasteiger partial charge in [0.15, 0.2) is 0 Å². The average Bonchev–Trinajstić information content (AvgIpc) is 3.04. The van der Waals surface area contributed by atoms with Gasteiger partial charge in [-0.2, -0.15) is 0 Å². The molecule has 2 heterocycles. The van der Waals surface area contributed by atoms with Gasteiger partial charge in [-0.15, -0.1) is 11.8 Å². The number of nitrogens with one attached hydrogen (secondary N) is 1. The Kier molecular flexibility index (Phi) is 5.82. The van der Waals surface area contributed by atoms with Crippen LogP contribution in [0.15, 0.2) is 41.3 Å². The van der Waals surface area contributed by atoms with E-state index in [4.69, 9.17) is 5.73 Å². The van der Waals surface area contributed by atoms with Gasteiger partial charge in [0.05, 0.1) is 0 Å². The third kappa shape index (κ3) is 4.20. The molecule has 1 atom stereocenters. The number of rotatable bonds is 6. The van der Waals surface area contributed by atoms with Crippen LogP contribution in [0.3, 0.4) is 0 Å². The van der Waals surface area contributed by atoms with Crippen molar-refractivity contribution in [3.05, 3.63) is 64.2 Å². The molecule has 2 aromatic carbocycles. The molecule has 4 amide bonds. The SMILES string of the molecule is CCSc1ccc(C(N)=O)c(Cc2ccc3c(c2)CN(C2CCC(=O)NC2=O)C3=O)c1. The van der Waals surface area contributed by atoms with Gasteiger partial charge < -0.3 is 10.6 Å². The van der Waals surface area contributed by atoms with Crippen LogP contribution in [0.5, 0.6) is 0 Å². The maximum atomic E-state index is 12.8. The van der Waals surface area contributed by atoms with E-state index in [9.17, 15) is 19.2 Å². The summed E-state index contributed by atoms with van der Waals surface area (Å²) < 4.78 is 0. The Morgan fingerprint density at radius 2 is 2.00 bits per heavy atom. The second-order valence-electron chi connectivity index (χ2n) is 7.68. The number of carbonyl (C=O) groups excluding carboxylic acids is 4. The van der Waals surface area contributed by atoms with Crippen LogP contribution in [-0.4, -0.2) is 40.3 Å². The van der Waals surface area contributed by atoms with E-state index in [2.05, 4.69) is 12.2 Å². The van der Waals surface area contributed by atoms with Crippen LogP contribution >= 0.6 is 11.8 Å². The van der Waals surface area contributed by atoms with Gasteiger partial charge in [-0.3, -0.25) is 24.5 Å². The first-order valence-electron chi connectivity index (χ1n) is 10.2. The number of imide groups is 1. The van der Waals surface area contributed by atoms with Crippen molar-refractivity contribution in [2.75, 3.05) is 5.75 Å². The van der Waals surface area contributed by atoms with E-state index in [-0.39, 0.29) is 18.2 Å². The molecule has 0 bridgehead atoms. The lowest BCUT2D eigenvalue weighted by Gasteiger charge is -2.29. The number of nitrogens with zero attached hydrogens (tertiary/aromatic N) is 1. The van der Waals surface area contributed by atoms with Crippen LogP contribution in [-0.2, 0) is 22.6 Å². The van der Waals surface area contributed by atoms with Crippen molar-refractivity contribution in [1.29, 1.82) is 0 Å². The van der Waals surface area contributed by atoms with Gasteiger partial charge in [-0.05, 0) is 59.6 Å². The summed E-state index contributed by atoms with van der Waals surface area (Å²) in [5.41, 5.74) is 9.26. The largest absolute Gasteiger partial charge is 0.366 e. The lowest BCUT2D eigenvalue weighted by molar-refractivity contribution is -0.136. The zero-order valence-corrected chi connectivity index (χ0v) is 18.0. The van der Waals surface area contributed by atoms with Gasteiger partial charge >= 0.3 is 0 Å². The molecule has 1 unspecified atom stereocenters. The summed E-state index contributed by atoms with van der Waals surface area (Å²) in [5.74, 6) is -0.471. The highest BCUT2D eigenvalue weighted by atomic mass is 32.2. The number of hydrogen-bond acceptors (Lipinski definition) is 5. The van der Waals surface area contributed by atoms with Gasteiger partial charge in [0.1, 0.15) is 6.04 Å². The number of carbonyl (C=O) groups is 4. The standard InChI is InChI=1S/C23H23N3O4S/c1-2-31-16-4-6-17(21(24)28)14(11-16)9-13-3-5-18-15(10-13)12-26(23(18)30)19-7-8-20(27)25-22(19)29/h3-6,10-11,19H,2,7-9,12H2,1H3,(H2,24,28)(H,25,27,29). The first kappa shape index (κ1) is 21.1. The van der Waals surface area contributed by atoms with Gasteiger partial charge in [0.25, 0.3) is 5.91 Å². The summed E-state index contributed by atoms with van der Waals surface area (Å²) in [5, 5.41) is 2.31. The second-order valence-corrected chi connectivity index (χ2v) is 9.02. The minimum absolute atomic E-state index is 0.199. The zero-order chi connectivity index (χ0) is 22.1.